The Morgan fingerprint density at radius 1 is 1.31 bits per heavy atom. The van der Waals surface area contributed by atoms with Crippen LogP contribution in [0.2, 0.25) is 0 Å². The van der Waals surface area contributed by atoms with Gasteiger partial charge >= 0.3 is 5.97 Å². The summed E-state index contributed by atoms with van der Waals surface area (Å²) in [7, 11) is 1.79. The Morgan fingerprint density at radius 2 is 2.06 bits per heavy atom. The van der Waals surface area contributed by atoms with E-state index in [1.165, 1.54) is 6.08 Å². The van der Waals surface area contributed by atoms with Crippen molar-refractivity contribution < 1.29 is 24.1 Å². The predicted octanol–water partition coefficient (Wildman–Crippen LogP) is 0.202. The van der Waals surface area contributed by atoms with Crippen molar-refractivity contribution in [1.29, 1.82) is 0 Å². The molecular weight excluding hydrogens is 214 g/mol. The minimum Gasteiger partial charge on any atom is -0.478 e. The first-order valence-corrected chi connectivity index (χ1v) is 5.04. The summed E-state index contributed by atoms with van der Waals surface area (Å²) in [4.78, 5) is 10.1. The topological polar surface area (TPSA) is 77.0 Å². The summed E-state index contributed by atoms with van der Waals surface area (Å²) in [5.74, 6) is -0.964. The highest BCUT2D eigenvalue weighted by atomic mass is 16.7. The second kappa shape index (κ2) is 12.1. The van der Waals surface area contributed by atoms with Crippen molar-refractivity contribution in [3.05, 3.63) is 12.2 Å². The third-order valence-electron chi connectivity index (χ3n) is 1.46. The van der Waals surface area contributed by atoms with Gasteiger partial charge in [-0.2, -0.15) is 0 Å². The molecule has 0 aromatic carbocycles. The van der Waals surface area contributed by atoms with E-state index in [-0.39, 0.29) is 6.79 Å². The molecule has 0 unspecified atom stereocenters. The molecular formula is C10H19NO5. The molecule has 0 spiro atoms. The summed E-state index contributed by atoms with van der Waals surface area (Å²) < 4.78 is 15.3. The zero-order chi connectivity index (χ0) is 12.1. The zero-order valence-corrected chi connectivity index (χ0v) is 9.48. The number of hydrogen-bond donors (Lipinski definition) is 2. The van der Waals surface area contributed by atoms with Crippen molar-refractivity contribution in [1.82, 2.24) is 5.32 Å². The highest BCUT2D eigenvalue weighted by Gasteiger charge is 1.90. The Kier molecular flexibility index (Phi) is 11.4. The third-order valence-corrected chi connectivity index (χ3v) is 1.46. The number of carboxylic acids is 1. The monoisotopic (exact) mass is 233 g/mol. The van der Waals surface area contributed by atoms with Crippen molar-refractivity contribution in [3.63, 3.8) is 0 Å². The zero-order valence-electron chi connectivity index (χ0n) is 9.48. The molecule has 6 heteroatoms. The van der Waals surface area contributed by atoms with Gasteiger partial charge in [-0.3, -0.25) is 5.32 Å². The molecule has 0 atom stereocenters. The van der Waals surface area contributed by atoms with Crippen LogP contribution < -0.4 is 5.32 Å². The normalized spacial score (nSPS) is 11.1. The lowest BCUT2D eigenvalue weighted by atomic mass is 10.5. The van der Waals surface area contributed by atoms with E-state index >= 15 is 0 Å². The first-order valence-electron chi connectivity index (χ1n) is 5.04. The molecule has 94 valence electrons. The average molecular weight is 233 g/mol. The Hall–Kier alpha value is -0.950. The summed E-state index contributed by atoms with van der Waals surface area (Å²) in [6, 6.07) is 0. The van der Waals surface area contributed by atoms with E-state index in [2.05, 4.69) is 5.32 Å². The lowest BCUT2D eigenvalue weighted by Crippen LogP contribution is -2.14. The fourth-order valence-corrected chi connectivity index (χ4v) is 0.825. The van der Waals surface area contributed by atoms with Crippen LogP contribution in [0.4, 0.5) is 0 Å². The van der Waals surface area contributed by atoms with Crippen LogP contribution in [-0.2, 0) is 19.0 Å². The molecule has 6 nitrogen and oxygen atoms in total. The first-order chi connectivity index (χ1) is 7.77. The minimum absolute atomic E-state index is 0.264. The molecule has 0 bridgehead atoms. The maximum Gasteiger partial charge on any atom is 0.328 e. The maximum atomic E-state index is 10.1. The summed E-state index contributed by atoms with van der Waals surface area (Å²) in [6.07, 6.45) is 3.27. The van der Waals surface area contributed by atoms with Gasteiger partial charge in [-0.25, -0.2) is 4.79 Å². The molecule has 0 rings (SSSR count). The molecule has 0 radical (unpaired) electrons. The maximum absolute atomic E-state index is 10.1. The molecule has 0 amide bonds. The third kappa shape index (κ3) is 13.1. The van der Waals surface area contributed by atoms with E-state index < -0.39 is 5.97 Å². The molecule has 0 aliphatic rings. The molecule has 0 aliphatic heterocycles. The Labute approximate surface area is 95.2 Å². The van der Waals surface area contributed by atoms with Gasteiger partial charge in [-0.05, 0) is 13.5 Å². The van der Waals surface area contributed by atoms with E-state index in [0.717, 1.165) is 12.5 Å². The van der Waals surface area contributed by atoms with Gasteiger partial charge in [0.05, 0.1) is 19.9 Å². The van der Waals surface area contributed by atoms with Crippen LogP contribution in [0, 0.1) is 0 Å². The van der Waals surface area contributed by atoms with E-state index in [1.807, 2.05) is 0 Å². The molecule has 0 aromatic rings. The van der Waals surface area contributed by atoms with Crippen molar-refractivity contribution in [2.75, 3.05) is 40.4 Å². The van der Waals surface area contributed by atoms with Gasteiger partial charge in [-0.15, -0.1) is 0 Å². The smallest absolute Gasteiger partial charge is 0.328 e. The van der Waals surface area contributed by atoms with Gasteiger partial charge < -0.3 is 19.3 Å². The Morgan fingerprint density at radius 3 is 2.75 bits per heavy atom. The van der Waals surface area contributed by atoms with Crippen molar-refractivity contribution in [2.24, 2.45) is 0 Å². The lowest BCUT2D eigenvalue weighted by molar-refractivity contribution is -0.131. The van der Waals surface area contributed by atoms with Gasteiger partial charge in [-0.1, -0.05) is 6.08 Å². The molecule has 0 aliphatic carbocycles. The van der Waals surface area contributed by atoms with Crippen molar-refractivity contribution in [3.8, 4) is 0 Å². The van der Waals surface area contributed by atoms with Gasteiger partial charge in [0.2, 0.25) is 0 Å². The summed E-state index contributed by atoms with van der Waals surface area (Å²) in [5, 5.41) is 11.1. The molecule has 0 saturated carbocycles. The van der Waals surface area contributed by atoms with Gasteiger partial charge in [0, 0.05) is 12.7 Å². The predicted molar refractivity (Wildman–Crippen MR) is 58.0 cm³/mol. The average Bonchev–Trinajstić information content (AvgIpc) is 2.25. The number of carbonyl (C=O) groups is 1. The van der Waals surface area contributed by atoms with Crippen molar-refractivity contribution >= 4 is 5.97 Å². The molecule has 16 heavy (non-hydrogen) atoms. The highest BCUT2D eigenvalue weighted by Crippen LogP contribution is 1.86. The van der Waals surface area contributed by atoms with E-state index in [1.54, 1.807) is 7.05 Å². The SMILES string of the molecule is CNCOCOCCCOCC=CC(=O)O. The van der Waals surface area contributed by atoms with Gasteiger partial charge in [0.1, 0.15) is 6.79 Å². The first kappa shape index (κ1) is 15.0. The molecule has 0 heterocycles. The minimum atomic E-state index is -0.964. The highest BCUT2D eigenvalue weighted by molar-refractivity contribution is 5.79. The Balaban J connectivity index is 3.01. The molecule has 0 saturated heterocycles. The standard InChI is InChI=1S/C10H19NO5/c1-11-8-16-9-15-7-3-6-14-5-2-4-10(12)13/h2,4,11H,3,5-9H2,1H3,(H,12,13). The van der Waals surface area contributed by atoms with E-state index in [9.17, 15) is 4.79 Å². The second-order valence-corrected chi connectivity index (χ2v) is 2.90. The van der Waals surface area contributed by atoms with Crippen LogP contribution >= 0.6 is 0 Å². The molecule has 0 aromatic heterocycles. The second-order valence-electron chi connectivity index (χ2n) is 2.90. The van der Waals surface area contributed by atoms with E-state index in [0.29, 0.717) is 26.6 Å². The number of aliphatic carboxylic acids is 1. The number of nitrogens with one attached hydrogen (secondary N) is 1. The fourth-order valence-electron chi connectivity index (χ4n) is 0.825. The van der Waals surface area contributed by atoms with Crippen molar-refractivity contribution in [2.45, 2.75) is 6.42 Å². The number of ether oxygens (including phenoxy) is 3. The van der Waals surface area contributed by atoms with Crippen LogP contribution in [0.15, 0.2) is 12.2 Å². The lowest BCUT2D eigenvalue weighted by Gasteiger charge is -2.04. The van der Waals surface area contributed by atoms with Crippen LogP contribution in [0.1, 0.15) is 6.42 Å². The number of rotatable bonds is 11. The summed E-state index contributed by atoms with van der Waals surface area (Å²) >= 11 is 0. The summed E-state index contributed by atoms with van der Waals surface area (Å²) in [6.45, 7) is 2.14. The van der Waals surface area contributed by atoms with Crippen LogP contribution in [0.3, 0.4) is 0 Å². The van der Waals surface area contributed by atoms with Crippen LogP contribution in [0.25, 0.3) is 0 Å². The molecule has 2 N–H and O–H groups in total. The van der Waals surface area contributed by atoms with Crippen LogP contribution in [-0.4, -0.2) is 51.5 Å². The number of carboxylic acid groups (broad SMARTS) is 1. The van der Waals surface area contributed by atoms with Crippen LogP contribution in [0.5, 0.6) is 0 Å². The largest absolute Gasteiger partial charge is 0.478 e. The number of hydrogen-bond acceptors (Lipinski definition) is 5. The van der Waals surface area contributed by atoms with Gasteiger partial charge in [0.25, 0.3) is 0 Å². The quantitative estimate of drug-likeness (QED) is 0.301. The van der Waals surface area contributed by atoms with E-state index in [4.69, 9.17) is 19.3 Å². The summed E-state index contributed by atoms with van der Waals surface area (Å²) in [5.41, 5.74) is 0. The molecule has 0 fully saturated rings. The fraction of sp³-hybridized carbons (Fsp3) is 0.700. The Bertz CT molecular complexity index is 196. The van der Waals surface area contributed by atoms with Gasteiger partial charge in [0.15, 0.2) is 0 Å².